The van der Waals surface area contributed by atoms with Gasteiger partial charge in [0, 0.05) is 12.5 Å². The molecule has 2 N–H and O–H groups in total. The molecule has 2 aromatic carbocycles. The van der Waals surface area contributed by atoms with Crippen LogP contribution in [0.15, 0.2) is 36.4 Å². The van der Waals surface area contributed by atoms with Gasteiger partial charge in [-0.25, -0.2) is 0 Å². The molecule has 0 radical (unpaired) electrons. The van der Waals surface area contributed by atoms with Crippen molar-refractivity contribution < 1.29 is 42.9 Å². The number of nitrogens with one attached hydrogen (secondary N) is 2. The molecule has 1 aliphatic rings. The molecule has 0 unspecified atom stereocenters. The van der Waals surface area contributed by atoms with Crippen LogP contribution in [0.1, 0.15) is 16.8 Å². The Morgan fingerprint density at radius 1 is 0.944 bits per heavy atom. The molecule has 0 aliphatic carbocycles. The number of esters is 1. The second-order valence-electron chi connectivity index (χ2n) is 7.61. The van der Waals surface area contributed by atoms with Crippen LogP contribution in [0.25, 0.3) is 0 Å². The van der Waals surface area contributed by atoms with E-state index < -0.39 is 36.2 Å². The summed E-state index contributed by atoms with van der Waals surface area (Å²) in [5.74, 6) is -1.92. The number of carbonyl (C=O) groups excluding carboxylic acids is 4. The highest BCUT2D eigenvalue weighted by Crippen LogP contribution is 2.30. The number of hydrogen-bond donors (Lipinski definition) is 2. The van der Waals surface area contributed by atoms with Crippen molar-refractivity contribution in [3.63, 3.8) is 0 Å². The van der Waals surface area contributed by atoms with E-state index in [1.54, 1.807) is 36.4 Å². The summed E-state index contributed by atoms with van der Waals surface area (Å²) in [5, 5.41) is 3.62. The Labute approximate surface area is 207 Å². The number of nitrogens with zero attached hydrogens (tertiary/aromatic N) is 1. The molecule has 12 nitrogen and oxygen atoms in total. The Morgan fingerprint density at radius 2 is 1.61 bits per heavy atom. The van der Waals surface area contributed by atoms with Crippen molar-refractivity contribution in [1.82, 2.24) is 10.4 Å². The topological polar surface area (TPSA) is 142 Å². The Bertz CT molecular complexity index is 1130. The molecule has 36 heavy (non-hydrogen) atoms. The minimum Gasteiger partial charge on any atom is -0.497 e. The molecule has 3 rings (SSSR count). The molecular weight excluding hydrogens is 474 g/mol. The Morgan fingerprint density at radius 3 is 2.22 bits per heavy atom. The first-order chi connectivity index (χ1) is 17.3. The summed E-state index contributed by atoms with van der Waals surface area (Å²) in [6, 6.07) is 9.66. The van der Waals surface area contributed by atoms with E-state index in [1.165, 1.54) is 28.4 Å². The predicted molar refractivity (Wildman–Crippen MR) is 126 cm³/mol. The van der Waals surface area contributed by atoms with Crippen molar-refractivity contribution in [2.24, 2.45) is 5.92 Å². The maximum Gasteiger partial charge on any atom is 0.311 e. The highest BCUT2D eigenvalue weighted by Gasteiger charge is 2.37. The molecule has 1 heterocycles. The number of hydrogen-bond acceptors (Lipinski definition) is 9. The maximum absolute atomic E-state index is 12.8. The Kier molecular flexibility index (Phi) is 8.55. The van der Waals surface area contributed by atoms with Gasteiger partial charge in [-0.3, -0.25) is 29.6 Å². The number of rotatable bonds is 10. The lowest BCUT2D eigenvalue weighted by Crippen LogP contribution is -2.43. The minimum atomic E-state index is -0.864. The van der Waals surface area contributed by atoms with Crippen molar-refractivity contribution in [3.05, 3.63) is 42.0 Å². The second-order valence-corrected chi connectivity index (χ2v) is 7.61. The van der Waals surface area contributed by atoms with E-state index in [0.29, 0.717) is 17.2 Å². The van der Waals surface area contributed by atoms with Gasteiger partial charge in [-0.2, -0.15) is 0 Å². The lowest BCUT2D eigenvalue weighted by Gasteiger charge is -2.19. The Balaban J connectivity index is 1.56. The molecule has 3 amide bonds. The van der Waals surface area contributed by atoms with Crippen LogP contribution < -0.4 is 29.7 Å². The van der Waals surface area contributed by atoms with Crippen LogP contribution in [-0.4, -0.2) is 70.3 Å². The zero-order chi connectivity index (χ0) is 26.2. The molecule has 192 valence electrons. The summed E-state index contributed by atoms with van der Waals surface area (Å²) in [4.78, 5) is 50.0. The number of amides is 3. The fourth-order valence-electron chi connectivity index (χ4n) is 3.58. The Hall–Kier alpha value is -4.48. The number of benzene rings is 2. The zero-order valence-electron chi connectivity index (χ0n) is 20.3. The largest absolute Gasteiger partial charge is 0.497 e. The maximum atomic E-state index is 12.8. The first-order valence-corrected chi connectivity index (χ1v) is 10.8. The summed E-state index contributed by atoms with van der Waals surface area (Å²) in [6.45, 7) is -0.694. The quantitative estimate of drug-likeness (QED) is 0.462. The van der Waals surface area contributed by atoms with Crippen molar-refractivity contribution in [2.45, 2.75) is 6.42 Å². The summed E-state index contributed by atoms with van der Waals surface area (Å²) < 4.78 is 25.8. The molecule has 1 atom stereocenters. The van der Waals surface area contributed by atoms with Gasteiger partial charge < -0.3 is 29.0 Å². The number of carbonyl (C=O) groups is 4. The first kappa shape index (κ1) is 26.1. The minimum absolute atomic E-state index is 0.103. The van der Waals surface area contributed by atoms with Crippen LogP contribution in [0.4, 0.5) is 5.69 Å². The van der Waals surface area contributed by atoms with Gasteiger partial charge in [0.25, 0.3) is 11.8 Å². The van der Waals surface area contributed by atoms with Gasteiger partial charge in [-0.1, -0.05) is 6.07 Å². The highest BCUT2D eigenvalue weighted by atomic mass is 16.5. The average Bonchev–Trinajstić information content (AvgIpc) is 3.26. The van der Waals surface area contributed by atoms with Gasteiger partial charge in [0.15, 0.2) is 6.61 Å². The van der Waals surface area contributed by atoms with E-state index >= 15 is 0 Å². The summed E-state index contributed by atoms with van der Waals surface area (Å²) in [7, 11) is 5.73. The monoisotopic (exact) mass is 501 g/mol. The smallest absolute Gasteiger partial charge is 0.311 e. The zero-order valence-corrected chi connectivity index (χ0v) is 20.3. The van der Waals surface area contributed by atoms with Gasteiger partial charge in [0.2, 0.25) is 5.91 Å². The molecule has 0 saturated carbocycles. The van der Waals surface area contributed by atoms with Crippen LogP contribution in [0.2, 0.25) is 0 Å². The summed E-state index contributed by atoms with van der Waals surface area (Å²) >= 11 is 0. The van der Waals surface area contributed by atoms with E-state index in [0.717, 1.165) is 5.01 Å². The first-order valence-electron chi connectivity index (χ1n) is 10.8. The fraction of sp³-hybridized carbons (Fsp3) is 0.333. The van der Waals surface area contributed by atoms with Crippen LogP contribution in [-0.2, 0) is 19.1 Å². The van der Waals surface area contributed by atoms with Crippen molar-refractivity contribution >= 4 is 29.4 Å². The SMILES string of the molecule is COc1ccc(OC)c(NC(=O)COC(=O)[C@H]2CC(=O)N(NC(=O)c3c(OC)cccc3OC)C2)c1. The number of ether oxygens (including phenoxy) is 5. The summed E-state index contributed by atoms with van der Waals surface area (Å²) in [5.41, 5.74) is 2.92. The lowest BCUT2D eigenvalue weighted by atomic mass is 10.1. The lowest BCUT2D eigenvalue weighted by molar-refractivity contribution is -0.151. The number of anilines is 1. The van der Waals surface area contributed by atoms with E-state index in [4.69, 9.17) is 23.7 Å². The van der Waals surface area contributed by atoms with Crippen LogP contribution >= 0.6 is 0 Å². The van der Waals surface area contributed by atoms with Crippen molar-refractivity contribution in [1.29, 1.82) is 0 Å². The van der Waals surface area contributed by atoms with Gasteiger partial charge in [0.05, 0.1) is 46.6 Å². The summed E-state index contributed by atoms with van der Waals surface area (Å²) in [6.07, 6.45) is -0.187. The van der Waals surface area contributed by atoms with Gasteiger partial charge >= 0.3 is 5.97 Å². The van der Waals surface area contributed by atoms with Gasteiger partial charge in [-0.05, 0) is 24.3 Å². The molecule has 0 bridgehead atoms. The van der Waals surface area contributed by atoms with Crippen LogP contribution in [0.5, 0.6) is 23.0 Å². The third-order valence-corrected chi connectivity index (χ3v) is 5.38. The van der Waals surface area contributed by atoms with Gasteiger partial charge in [0.1, 0.15) is 28.6 Å². The molecule has 1 fully saturated rings. The molecular formula is C24H27N3O9. The molecule has 12 heteroatoms. The third kappa shape index (κ3) is 5.95. The fourth-order valence-corrected chi connectivity index (χ4v) is 3.58. The van der Waals surface area contributed by atoms with Gasteiger partial charge in [-0.15, -0.1) is 0 Å². The normalized spacial score (nSPS) is 14.6. The molecule has 1 aliphatic heterocycles. The average molecular weight is 501 g/mol. The molecule has 1 saturated heterocycles. The van der Waals surface area contributed by atoms with Crippen molar-refractivity contribution in [2.75, 3.05) is 46.9 Å². The molecule has 2 aromatic rings. The predicted octanol–water partition coefficient (Wildman–Crippen LogP) is 1.40. The second kappa shape index (κ2) is 11.8. The van der Waals surface area contributed by atoms with E-state index in [-0.39, 0.29) is 30.0 Å². The van der Waals surface area contributed by atoms with Crippen LogP contribution in [0, 0.1) is 5.92 Å². The molecule has 0 spiro atoms. The highest BCUT2D eigenvalue weighted by molar-refractivity contribution is 6.01. The van der Waals surface area contributed by atoms with Crippen LogP contribution in [0.3, 0.4) is 0 Å². The van der Waals surface area contributed by atoms with E-state index in [2.05, 4.69) is 10.7 Å². The standard InChI is InChI=1S/C24H27N3O9/c1-32-15-8-9-17(33-2)16(11-15)25-20(28)13-36-24(31)14-10-21(29)27(12-14)26-23(30)22-18(34-3)6-5-7-19(22)35-4/h5-9,11,14H,10,12-13H2,1-4H3,(H,25,28)(H,26,30)/t14-/m0/s1. The van der Waals surface area contributed by atoms with Crippen molar-refractivity contribution in [3.8, 4) is 23.0 Å². The molecule has 0 aromatic heterocycles. The number of hydrazine groups is 1. The third-order valence-electron chi connectivity index (χ3n) is 5.38. The number of methoxy groups -OCH3 is 4. The van der Waals surface area contributed by atoms with E-state index in [9.17, 15) is 19.2 Å². The van der Waals surface area contributed by atoms with E-state index in [1.807, 2.05) is 0 Å².